The van der Waals surface area contributed by atoms with Crippen molar-refractivity contribution in [2.45, 2.75) is 25.6 Å². The van der Waals surface area contributed by atoms with Crippen molar-refractivity contribution in [1.82, 2.24) is 0 Å². The van der Waals surface area contributed by atoms with Crippen molar-refractivity contribution in [3.05, 3.63) is 35.7 Å². The minimum Gasteiger partial charge on any atom is -0.406 e. The second-order valence-electron chi connectivity index (χ2n) is 4.22. The number of alkyl halides is 3. The molecule has 1 aromatic rings. The summed E-state index contributed by atoms with van der Waals surface area (Å²) < 4.78 is 40.3. The van der Waals surface area contributed by atoms with Crippen molar-refractivity contribution in [2.24, 2.45) is 5.73 Å². The van der Waals surface area contributed by atoms with E-state index in [1.807, 2.05) is 13.0 Å². The lowest BCUT2D eigenvalue weighted by molar-refractivity contribution is -0.274. The maximum absolute atomic E-state index is 12.1. The van der Waals surface area contributed by atoms with Gasteiger partial charge >= 0.3 is 6.36 Å². The van der Waals surface area contributed by atoms with Crippen LogP contribution in [0.25, 0.3) is 0 Å². The van der Waals surface area contributed by atoms with Gasteiger partial charge in [0.05, 0.1) is 5.82 Å². The summed E-state index contributed by atoms with van der Waals surface area (Å²) in [5, 5.41) is 2.87. The molecule has 0 bridgehead atoms. The van der Waals surface area contributed by atoms with Gasteiger partial charge in [-0.2, -0.15) is 0 Å². The number of anilines is 1. The molecule has 98 valence electrons. The first-order valence-corrected chi connectivity index (χ1v) is 5.47. The molecule has 1 aliphatic rings. The van der Waals surface area contributed by atoms with Crippen LogP contribution < -0.4 is 15.8 Å². The Labute approximate surface area is 102 Å². The van der Waals surface area contributed by atoms with E-state index in [4.69, 9.17) is 5.73 Å². The molecule has 6 heteroatoms. The Hall–Kier alpha value is -1.85. The van der Waals surface area contributed by atoms with Gasteiger partial charge in [0.1, 0.15) is 5.75 Å². The Morgan fingerprint density at radius 1 is 1.39 bits per heavy atom. The highest BCUT2D eigenvalue weighted by molar-refractivity contribution is 5.60. The predicted octanol–water partition coefficient (Wildman–Crippen LogP) is 3.30. The van der Waals surface area contributed by atoms with Gasteiger partial charge < -0.3 is 15.8 Å². The lowest BCUT2D eigenvalue weighted by Crippen LogP contribution is -2.17. The summed E-state index contributed by atoms with van der Waals surface area (Å²) in [7, 11) is 0. The minimum atomic E-state index is -4.69. The number of allylic oxidation sites excluding steroid dienone is 1. The average molecular weight is 258 g/mol. The molecule has 1 heterocycles. The third-order valence-corrected chi connectivity index (χ3v) is 2.76. The molecule has 2 rings (SSSR count). The van der Waals surface area contributed by atoms with Crippen molar-refractivity contribution in [2.75, 3.05) is 5.32 Å². The molecule has 18 heavy (non-hydrogen) atoms. The number of hydrogen-bond donors (Lipinski definition) is 2. The van der Waals surface area contributed by atoms with E-state index >= 15 is 0 Å². The van der Waals surface area contributed by atoms with Crippen LogP contribution in [0.2, 0.25) is 0 Å². The van der Waals surface area contributed by atoms with Crippen LogP contribution >= 0.6 is 0 Å². The highest BCUT2D eigenvalue weighted by Gasteiger charge is 2.31. The van der Waals surface area contributed by atoms with Crippen LogP contribution in [0.4, 0.5) is 18.9 Å². The fraction of sp³-hybridized carbons (Fsp3) is 0.333. The molecule has 0 saturated heterocycles. The Morgan fingerprint density at radius 2 is 2.11 bits per heavy atom. The summed E-state index contributed by atoms with van der Waals surface area (Å²) in [6.45, 7) is 1.99. The quantitative estimate of drug-likeness (QED) is 0.812. The molecule has 3 nitrogen and oxygen atoms in total. The maximum Gasteiger partial charge on any atom is 0.573 e. The number of benzene rings is 1. The SMILES string of the molecule is CC1CC=C(N)Nc2cc(OC(F)(F)F)ccc21. The van der Waals surface area contributed by atoms with Crippen molar-refractivity contribution in [3.63, 3.8) is 0 Å². The summed E-state index contributed by atoms with van der Waals surface area (Å²) in [6.07, 6.45) is -2.13. The van der Waals surface area contributed by atoms with E-state index in [9.17, 15) is 13.2 Å². The van der Waals surface area contributed by atoms with Crippen LogP contribution in [-0.4, -0.2) is 6.36 Å². The second-order valence-corrected chi connectivity index (χ2v) is 4.22. The van der Waals surface area contributed by atoms with Gasteiger partial charge in [-0.05, 0) is 30.0 Å². The Kier molecular flexibility index (Phi) is 3.11. The number of fused-ring (bicyclic) bond motifs is 1. The molecule has 1 atom stereocenters. The Morgan fingerprint density at radius 3 is 2.78 bits per heavy atom. The van der Waals surface area contributed by atoms with Crippen molar-refractivity contribution >= 4 is 5.69 Å². The molecule has 1 aliphatic heterocycles. The number of nitrogens with one attached hydrogen (secondary N) is 1. The van der Waals surface area contributed by atoms with E-state index in [1.165, 1.54) is 12.1 Å². The number of nitrogens with two attached hydrogens (primary N) is 1. The Bertz CT molecular complexity index is 483. The highest BCUT2D eigenvalue weighted by Crippen LogP contribution is 2.34. The fourth-order valence-corrected chi connectivity index (χ4v) is 1.91. The van der Waals surface area contributed by atoms with Crippen LogP contribution in [-0.2, 0) is 0 Å². The van der Waals surface area contributed by atoms with Crippen molar-refractivity contribution < 1.29 is 17.9 Å². The van der Waals surface area contributed by atoms with E-state index in [2.05, 4.69) is 10.1 Å². The standard InChI is InChI=1S/C12H13F3N2O/c1-7-2-5-11(16)17-10-6-8(3-4-9(7)10)18-12(13,14)15/h3-7,17H,2,16H2,1H3. The van der Waals surface area contributed by atoms with E-state index in [0.29, 0.717) is 11.5 Å². The van der Waals surface area contributed by atoms with E-state index in [0.717, 1.165) is 12.0 Å². The molecule has 0 amide bonds. The minimum absolute atomic E-state index is 0.188. The molecule has 0 saturated carbocycles. The molecule has 0 aromatic heterocycles. The fourth-order valence-electron chi connectivity index (χ4n) is 1.91. The summed E-state index contributed by atoms with van der Waals surface area (Å²) >= 11 is 0. The lowest BCUT2D eigenvalue weighted by atomic mass is 9.97. The number of halogens is 3. The molecular formula is C12H13F3N2O. The van der Waals surface area contributed by atoms with Gasteiger partial charge in [0, 0.05) is 11.8 Å². The van der Waals surface area contributed by atoms with Crippen LogP contribution in [0.15, 0.2) is 30.1 Å². The number of ether oxygens (including phenoxy) is 1. The van der Waals surface area contributed by atoms with Crippen LogP contribution in [0.1, 0.15) is 24.8 Å². The van der Waals surface area contributed by atoms with E-state index in [-0.39, 0.29) is 11.7 Å². The Balaban J connectivity index is 2.33. The highest BCUT2D eigenvalue weighted by atomic mass is 19.4. The monoisotopic (exact) mass is 258 g/mol. The third kappa shape index (κ3) is 2.88. The molecule has 0 radical (unpaired) electrons. The van der Waals surface area contributed by atoms with Crippen molar-refractivity contribution in [3.8, 4) is 5.75 Å². The second kappa shape index (κ2) is 4.44. The molecule has 1 unspecified atom stereocenters. The summed E-state index contributed by atoms with van der Waals surface area (Å²) in [5.74, 6) is 0.369. The van der Waals surface area contributed by atoms with E-state index in [1.54, 1.807) is 6.07 Å². The summed E-state index contributed by atoms with van der Waals surface area (Å²) in [6, 6.07) is 4.25. The first-order chi connectivity index (χ1) is 8.35. The topological polar surface area (TPSA) is 47.3 Å². The first-order valence-electron chi connectivity index (χ1n) is 5.47. The largest absolute Gasteiger partial charge is 0.573 e. The number of rotatable bonds is 1. The van der Waals surface area contributed by atoms with Gasteiger partial charge in [-0.3, -0.25) is 0 Å². The molecule has 3 N–H and O–H groups in total. The summed E-state index contributed by atoms with van der Waals surface area (Å²) in [5.41, 5.74) is 7.15. The van der Waals surface area contributed by atoms with Gasteiger partial charge in [0.25, 0.3) is 0 Å². The molecular weight excluding hydrogens is 245 g/mol. The van der Waals surface area contributed by atoms with Gasteiger partial charge in [-0.1, -0.05) is 13.0 Å². The van der Waals surface area contributed by atoms with Crippen LogP contribution in [0.3, 0.4) is 0 Å². The zero-order chi connectivity index (χ0) is 13.3. The van der Waals surface area contributed by atoms with Gasteiger partial charge in [0.2, 0.25) is 0 Å². The maximum atomic E-state index is 12.1. The molecule has 0 aliphatic carbocycles. The van der Waals surface area contributed by atoms with Crippen LogP contribution in [0.5, 0.6) is 5.75 Å². The number of hydrogen-bond acceptors (Lipinski definition) is 3. The van der Waals surface area contributed by atoms with Crippen LogP contribution in [0, 0.1) is 0 Å². The molecule has 0 spiro atoms. The third-order valence-electron chi connectivity index (χ3n) is 2.76. The predicted molar refractivity (Wildman–Crippen MR) is 62.1 cm³/mol. The van der Waals surface area contributed by atoms with Gasteiger partial charge in [-0.25, -0.2) is 0 Å². The average Bonchev–Trinajstić information content (AvgIpc) is 2.36. The summed E-state index contributed by atoms with van der Waals surface area (Å²) in [4.78, 5) is 0. The normalized spacial score (nSPS) is 19.3. The molecule has 1 aromatic carbocycles. The molecule has 0 fully saturated rings. The smallest absolute Gasteiger partial charge is 0.406 e. The van der Waals surface area contributed by atoms with Gasteiger partial charge in [0.15, 0.2) is 0 Å². The van der Waals surface area contributed by atoms with Crippen molar-refractivity contribution in [1.29, 1.82) is 0 Å². The lowest BCUT2D eigenvalue weighted by Gasteiger charge is -2.15. The zero-order valence-electron chi connectivity index (χ0n) is 9.71. The zero-order valence-corrected chi connectivity index (χ0v) is 9.71. The first kappa shape index (κ1) is 12.6. The van der Waals surface area contributed by atoms with E-state index < -0.39 is 6.36 Å². The van der Waals surface area contributed by atoms with Gasteiger partial charge in [-0.15, -0.1) is 13.2 Å².